The van der Waals surface area contributed by atoms with Gasteiger partial charge in [0.25, 0.3) is 5.91 Å². The van der Waals surface area contributed by atoms with Crippen LogP contribution >= 0.6 is 11.6 Å². The predicted molar refractivity (Wildman–Crippen MR) is 139 cm³/mol. The summed E-state index contributed by atoms with van der Waals surface area (Å²) < 4.78 is 19.6. The Morgan fingerprint density at radius 3 is 2.59 bits per heavy atom. The van der Waals surface area contributed by atoms with Gasteiger partial charge in [-0.3, -0.25) is 14.8 Å². The molecule has 0 aliphatic heterocycles. The molecule has 4 rings (SSSR count). The van der Waals surface area contributed by atoms with Crippen molar-refractivity contribution in [1.82, 2.24) is 25.6 Å². The van der Waals surface area contributed by atoms with Crippen molar-refractivity contribution in [3.63, 3.8) is 0 Å². The maximum Gasteiger partial charge on any atom is 0.407 e. The Kier molecular flexibility index (Phi) is 7.73. The molecule has 0 aliphatic carbocycles. The highest BCUT2D eigenvalue weighted by molar-refractivity contribution is 6.35. The van der Waals surface area contributed by atoms with Gasteiger partial charge in [-0.05, 0) is 56.2 Å². The minimum Gasteiger partial charge on any atom is -0.444 e. The summed E-state index contributed by atoms with van der Waals surface area (Å²) in [7, 11) is 0. The third kappa shape index (κ3) is 7.04. The average molecular weight is 524 g/mol. The molecule has 0 aliphatic rings. The van der Waals surface area contributed by atoms with E-state index in [1.165, 1.54) is 12.3 Å². The molecule has 192 valence electrons. The largest absolute Gasteiger partial charge is 0.444 e. The van der Waals surface area contributed by atoms with Crippen molar-refractivity contribution >= 4 is 34.5 Å². The van der Waals surface area contributed by atoms with Crippen LogP contribution in [-0.4, -0.2) is 32.6 Å². The van der Waals surface area contributed by atoms with Crippen LogP contribution in [0.3, 0.4) is 0 Å². The molecule has 37 heavy (non-hydrogen) atoms. The van der Waals surface area contributed by atoms with E-state index in [1.807, 2.05) is 12.1 Å². The van der Waals surface area contributed by atoms with E-state index in [1.54, 1.807) is 51.5 Å². The molecule has 0 atom stereocenters. The van der Waals surface area contributed by atoms with Gasteiger partial charge in [0.15, 0.2) is 0 Å². The van der Waals surface area contributed by atoms with Gasteiger partial charge in [0, 0.05) is 54.2 Å². The number of nitrogens with one attached hydrogen (secondary N) is 3. The number of rotatable bonds is 7. The monoisotopic (exact) mass is 523 g/mol. The number of aromatic nitrogens is 3. The molecule has 10 heteroatoms. The van der Waals surface area contributed by atoms with Crippen LogP contribution in [-0.2, 0) is 24.2 Å². The lowest BCUT2D eigenvalue weighted by Crippen LogP contribution is -2.32. The fourth-order valence-electron chi connectivity index (χ4n) is 3.65. The molecule has 4 aromatic rings. The molecular weight excluding hydrogens is 497 g/mol. The standard InChI is InChI=1S/C27H27ClFN5O3/c1-27(2,3)37-26(36)34-14-20-5-4-16(11-31-20)6-17-7-19(12-30-10-17)25(35)33-13-18-8-21-22(28)15-32-24(21)9-23(18)29/h4-5,7-12,15,32H,6,13-14H2,1-3H3,(H,33,35)(H,34,36). The molecule has 3 aromatic heterocycles. The lowest BCUT2D eigenvalue weighted by Gasteiger charge is -2.19. The van der Waals surface area contributed by atoms with Crippen molar-refractivity contribution in [2.45, 2.75) is 45.9 Å². The number of ether oxygens (including phenoxy) is 1. The van der Waals surface area contributed by atoms with Crippen molar-refractivity contribution in [2.24, 2.45) is 0 Å². The smallest absolute Gasteiger partial charge is 0.407 e. The van der Waals surface area contributed by atoms with Gasteiger partial charge in [-0.25, -0.2) is 9.18 Å². The molecule has 0 saturated heterocycles. The zero-order valence-electron chi connectivity index (χ0n) is 20.7. The van der Waals surface area contributed by atoms with E-state index >= 15 is 0 Å². The van der Waals surface area contributed by atoms with Gasteiger partial charge < -0.3 is 20.4 Å². The number of fused-ring (bicyclic) bond motifs is 1. The van der Waals surface area contributed by atoms with Crippen LogP contribution in [0.4, 0.5) is 9.18 Å². The van der Waals surface area contributed by atoms with Crippen molar-refractivity contribution in [2.75, 3.05) is 0 Å². The first-order valence-electron chi connectivity index (χ1n) is 11.7. The van der Waals surface area contributed by atoms with Crippen LogP contribution in [0.1, 0.15) is 53.5 Å². The van der Waals surface area contributed by atoms with Crippen LogP contribution in [0, 0.1) is 5.82 Å². The number of nitrogens with zero attached hydrogens (tertiary/aromatic N) is 2. The molecule has 2 amide bonds. The first kappa shape index (κ1) is 26.1. The fourth-order valence-corrected chi connectivity index (χ4v) is 3.86. The van der Waals surface area contributed by atoms with Crippen LogP contribution in [0.25, 0.3) is 10.9 Å². The first-order valence-corrected chi connectivity index (χ1v) is 12.0. The number of H-pyrrole nitrogens is 1. The number of amides is 2. The van der Waals surface area contributed by atoms with Crippen molar-refractivity contribution in [1.29, 1.82) is 0 Å². The molecule has 3 heterocycles. The Morgan fingerprint density at radius 1 is 1.05 bits per heavy atom. The van der Waals surface area contributed by atoms with E-state index in [2.05, 4.69) is 25.6 Å². The predicted octanol–water partition coefficient (Wildman–Crippen LogP) is 5.30. The molecule has 0 fully saturated rings. The van der Waals surface area contributed by atoms with E-state index in [-0.39, 0.29) is 19.0 Å². The highest BCUT2D eigenvalue weighted by Gasteiger charge is 2.16. The third-order valence-corrected chi connectivity index (χ3v) is 5.71. The molecule has 0 radical (unpaired) electrons. The van der Waals surface area contributed by atoms with E-state index in [9.17, 15) is 14.0 Å². The van der Waals surface area contributed by atoms with Gasteiger partial charge in [0.05, 0.1) is 22.8 Å². The van der Waals surface area contributed by atoms with Crippen LogP contribution in [0.15, 0.2) is 55.1 Å². The number of pyridine rings is 2. The topological polar surface area (TPSA) is 109 Å². The SMILES string of the molecule is CC(C)(C)OC(=O)NCc1ccc(Cc2cncc(C(=O)NCc3cc4c(Cl)c[nH]c4cc3F)c2)cn1. The molecule has 0 spiro atoms. The third-order valence-electron chi connectivity index (χ3n) is 5.40. The van der Waals surface area contributed by atoms with E-state index in [0.717, 1.165) is 11.1 Å². The Balaban J connectivity index is 1.34. The number of alkyl carbamates (subject to hydrolysis) is 1. The minimum absolute atomic E-state index is 0.00898. The maximum absolute atomic E-state index is 14.4. The second-order valence-electron chi connectivity index (χ2n) is 9.58. The summed E-state index contributed by atoms with van der Waals surface area (Å²) in [5.41, 5.74) is 3.15. The molecule has 0 bridgehead atoms. The van der Waals surface area contributed by atoms with Gasteiger partial charge in [-0.15, -0.1) is 0 Å². The highest BCUT2D eigenvalue weighted by Crippen LogP contribution is 2.25. The molecule has 8 nitrogen and oxygen atoms in total. The van der Waals surface area contributed by atoms with Crippen LogP contribution in [0.5, 0.6) is 0 Å². The second kappa shape index (κ2) is 11.0. The second-order valence-corrected chi connectivity index (χ2v) is 9.99. The summed E-state index contributed by atoms with van der Waals surface area (Å²) in [6.45, 7) is 5.65. The summed E-state index contributed by atoms with van der Waals surface area (Å²) in [5.74, 6) is -0.800. The summed E-state index contributed by atoms with van der Waals surface area (Å²) >= 11 is 6.12. The van der Waals surface area contributed by atoms with Gasteiger partial charge in [0.1, 0.15) is 11.4 Å². The fraction of sp³-hybridized carbons (Fsp3) is 0.259. The van der Waals surface area contributed by atoms with Crippen LogP contribution < -0.4 is 10.6 Å². The minimum atomic E-state index is -0.567. The molecular formula is C27H27ClFN5O3. The molecule has 3 N–H and O–H groups in total. The number of carbonyl (C=O) groups is 2. The molecule has 1 aromatic carbocycles. The average Bonchev–Trinajstić information content (AvgIpc) is 3.20. The van der Waals surface area contributed by atoms with Crippen molar-refractivity contribution < 1.29 is 18.7 Å². The lowest BCUT2D eigenvalue weighted by molar-refractivity contribution is 0.0522. The summed E-state index contributed by atoms with van der Waals surface area (Å²) in [6.07, 6.45) is 6.45. The summed E-state index contributed by atoms with van der Waals surface area (Å²) in [6, 6.07) is 8.44. The van der Waals surface area contributed by atoms with Gasteiger partial charge in [-0.2, -0.15) is 0 Å². The van der Waals surface area contributed by atoms with Crippen molar-refractivity contribution in [3.8, 4) is 0 Å². The molecule has 0 saturated carbocycles. The van der Waals surface area contributed by atoms with E-state index < -0.39 is 17.5 Å². The van der Waals surface area contributed by atoms with Gasteiger partial charge in [-0.1, -0.05) is 17.7 Å². The zero-order chi connectivity index (χ0) is 26.6. The number of aromatic amines is 1. The number of benzene rings is 1. The van der Waals surface area contributed by atoms with Crippen LogP contribution in [0.2, 0.25) is 5.02 Å². The number of hydrogen-bond acceptors (Lipinski definition) is 5. The molecule has 0 unspecified atom stereocenters. The quantitative estimate of drug-likeness (QED) is 0.305. The summed E-state index contributed by atoms with van der Waals surface area (Å²) in [5, 5.41) is 6.59. The van der Waals surface area contributed by atoms with E-state index in [0.29, 0.717) is 39.2 Å². The Hall–Kier alpha value is -3.98. The lowest BCUT2D eigenvalue weighted by atomic mass is 10.1. The first-order chi connectivity index (χ1) is 17.6. The van der Waals surface area contributed by atoms with Gasteiger partial charge in [0.2, 0.25) is 0 Å². The van der Waals surface area contributed by atoms with Crippen molar-refractivity contribution in [3.05, 3.63) is 93.9 Å². The number of halogens is 2. The summed E-state index contributed by atoms with van der Waals surface area (Å²) in [4.78, 5) is 36.0. The highest BCUT2D eigenvalue weighted by atomic mass is 35.5. The number of carbonyl (C=O) groups excluding carboxylic acids is 2. The normalized spacial score (nSPS) is 11.4. The Bertz CT molecular complexity index is 1430. The number of hydrogen-bond donors (Lipinski definition) is 3. The van der Waals surface area contributed by atoms with Gasteiger partial charge >= 0.3 is 6.09 Å². The van der Waals surface area contributed by atoms with E-state index in [4.69, 9.17) is 16.3 Å². The zero-order valence-corrected chi connectivity index (χ0v) is 21.4. The Labute approximate surface area is 218 Å². The maximum atomic E-state index is 14.4. The Morgan fingerprint density at radius 2 is 1.86 bits per heavy atom.